The number of benzene rings is 1. The molecule has 3 rings (SSSR count). The number of rotatable bonds is 2. The molecule has 2 radical (unpaired) electrons. The SMILES string of the molecule is [B]c1cnc(N)c(-c2nnc(-c3ccccc3)s2)n1. The van der Waals surface area contributed by atoms with Crippen LogP contribution in [0.2, 0.25) is 0 Å². The molecule has 0 saturated heterocycles. The smallest absolute Gasteiger partial charge is 0.170 e. The Labute approximate surface area is 115 Å². The Kier molecular flexibility index (Phi) is 2.96. The van der Waals surface area contributed by atoms with Gasteiger partial charge in [-0.2, -0.15) is 0 Å². The van der Waals surface area contributed by atoms with Gasteiger partial charge in [-0.3, -0.25) is 4.98 Å². The Morgan fingerprint density at radius 2 is 1.79 bits per heavy atom. The molecule has 2 aromatic heterocycles. The van der Waals surface area contributed by atoms with Crippen LogP contribution in [0, 0.1) is 0 Å². The molecule has 5 nitrogen and oxygen atoms in total. The minimum atomic E-state index is 0.296. The monoisotopic (exact) mass is 265 g/mol. The highest BCUT2D eigenvalue weighted by molar-refractivity contribution is 7.17. The van der Waals surface area contributed by atoms with Crippen LogP contribution in [0.4, 0.5) is 5.82 Å². The normalized spacial score (nSPS) is 10.5. The van der Waals surface area contributed by atoms with Crippen LogP contribution in [0.25, 0.3) is 21.3 Å². The molecule has 2 heterocycles. The van der Waals surface area contributed by atoms with Gasteiger partial charge in [0, 0.05) is 17.4 Å². The van der Waals surface area contributed by atoms with Crippen molar-refractivity contribution in [3.05, 3.63) is 36.5 Å². The summed E-state index contributed by atoms with van der Waals surface area (Å²) in [4.78, 5) is 8.11. The third-order valence-electron chi connectivity index (χ3n) is 2.47. The highest BCUT2D eigenvalue weighted by Crippen LogP contribution is 2.30. The van der Waals surface area contributed by atoms with Gasteiger partial charge in [-0.15, -0.1) is 10.2 Å². The zero-order valence-electron chi connectivity index (χ0n) is 9.82. The fourth-order valence-electron chi connectivity index (χ4n) is 1.59. The van der Waals surface area contributed by atoms with E-state index >= 15 is 0 Å². The lowest BCUT2D eigenvalue weighted by atomic mass is 10.1. The molecule has 0 amide bonds. The van der Waals surface area contributed by atoms with Gasteiger partial charge in [0.05, 0.1) is 0 Å². The number of hydrogen-bond donors (Lipinski definition) is 1. The lowest BCUT2D eigenvalue weighted by Crippen LogP contribution is -2.12. The molecule has 3 aromatic rings. The van der Waals surface area contributed by atoms with Crippen molar-refractivity contribution in [2.45, 2.75) is 0 Å². The first-order valence-electron chi connectivity index (χ1n) is 5.51. The third-order valence-corrected chi connectivity index (χ3v) is 3.45. The van der Waals surface area contributed by atoms with E-state index in [1.54, 1.807) is 0 Å². The highest BCUT2D eigenvalue weighted by Gasteiger charge is 2.13. The first-order valence-corrected chi connectivity index (χ1v) is 6.33. The van der Waals surface area contributed by atoms with Gasteiger partial charge in [-0.1, -0.05) is 41.7 Å². The van der Waals surface area contributed by atoms with Crippen LogP contribution in [0.5, 0.6) is 0 Å². The molecule has 0 saturated carbocycles. The van der Waals surface area contributed by atoms with Crippen LogP contribution >= 0.6 is 11.3 Å². The molecular weight excluding hydrogens is 257 g/mol. The fourth-order valence-corrected chi connectivity index (χ4v) is 2.43. The molecule has 0 aliphatic rings. The van der Waals surface area contributed by atoms with Crippen molar-refractivity contribution in [1.82, 2.24) is 20.2 Å². The van der Waals surface area contributed by atoms with Crippen LogP contribution in [-0.4, -0.2) is 28.0 Å². The number of nitrogens with zero attached hydrogens (tertiary/aromatic N) is 4. The Bertz CT molecular complexity index is 713. The molecule has 0 aliphatic carbocycles. The summed E-state index contributed by atoms with van der Waals surface area (Å²) in [5.41, 5.74) is 7.56. The second-order valence-corrected chi connectivity index (χ2v) is 4.78. The summed E-state index contributed by atoms with van der Waals surface area (Å²) in [5, 5.41) is 9.65. The molecule has 90 valence electrons. The van der Waals surface area contributed by atoms with Gasteiger partial charge in [0.25, 0.3) is 0 Å². The lowest BCUT2D eigenvalue weighted by Gasteiger charge is -2.00. The summed E-state index contributed by atoms with van der Waals surface area (Å²) in [6, 6.07) is 9.79. The maximum absolute atomic E-state index is 5.78. The van der Waals surface area contributed by atoms with E-state index in [0.717, 1.165) is 10.6 Å². The number of hydrogen-bond acceptors (Lipinski definition) is 6. The van der Waals surface area contributed by atoms with Crippen molar-refractivity contribution in [2.75, 3.05) is 5.73 Å². The van der Waals surface area contributed by atoms with Crippen molar-refractivity contribution in [3.8, 4) is 21.3 Å². The molecule has 0 aliphatic heterocycles. The largest absolute Gasteiger partial charge is 0.382 e. The first kappa shape index (κ1) is 11.8. The number of anilines is 1. The third kappa shape index (κ3) is 2.32. The lowest BCUT2D eigenvalue weighted by molar-refractivity contribution is 1.09. The maximum Gasteiger partial charge on any atom is 0.170 e. The molecule has 0 bridgehead atoms. The average molecular weight is 265 g/mol. The highest BCUT2D eigenvalue weighted by atomic mass is 32.1. The van der Waals surface area contributed by atoms with Crippen LogP contribution < -0.4 is 11.3 Å². The fraction of sp³-hybridized carbons (Fsp3) is 0. The molecule has 0 spiro atoms. The minimum Gasteiger partial charge on any atom is -0.382 e. The molecule has 0 unspecified atom stereocenters. The summed E-state index contributed by atoms with van der Waals surface area (Å²) in [7, 11) is 5.61. The predicted molar refractivity (Wildman–Crippen MR) is 76.2 cm³/mol. The van der Waals surface area contributed by atoms with Gasteiger partial charge in [0.15, 0.2) is 10.8 Å². The second-order valence-electron chi connectivity index (χ2n) is 3.81. The summed E-state index contributed by atoms with van der Waals surface area (Å²) < 4.78 is 0. The maximum atomic E-state index is 5.78. The molecule has 0 fully saturated rings. The Morgan fingerprint density at radius 1 is 1.05 bits per heavy atom. The van der Waals surface area contributed by atoms with Gasteiger partial charge in [-0.25, -0.2) is 4.98 Å². The topological polar surface area (TPSA) is 77.6 Å². The van der Waals surface area contributed by atoms with Crippen molar-refractivity contribution in [3.63, 3.8) is 0 Å². The summed E-state index contributed by atoms with van der Waals surface area (Å²) in [6.07, 6.45) is 1.41. The zero-order chi connectivity index (χ0) is 13.2. The number of aromatic nitrogens is 4. The van der Waals surface area contributed by atoms with E-state index in [9.17, 15) is 0 Å². The summed E-state index contributed by atoms with van der Waals surface area (Å²) in [5.74, 6) is 0.296. The van der Waals surface area contributed by atoms with Crippen molar-refractivity contribution in [2.24, 2.45) is 0 Å². The van der Waals surface area contributed by atoms with Crippen molar-refractivity contribution >= 4 is 30.6 Å². The van der Waals surface area contributed by atoms with Gasteiger partial charge >= 0.3 is 0 Å². The first-order chi connectivity index (χ1) is 9.24. The molecule has 0 atom stereocenters. The summed E-state index contributed by atoms with van der Waals surface area (Å²) >= 11 is 1.40. The second kappa shape index (κ2) is 4.77. The van der Waals surface area contributed by atoms with Crippen LogP contribution in [0.15, 0.2) is 36.5 Å². The average Bonchev–Trinajstić information content (AvgIpc) is 2.92. The molecule has 2 N–H and O–H groups in total. The van der Waals surface area contributed by atoms with Gasteiger partial charge < -0.3 is 5.73 Å². The predicted octanol–water partition coefficient (Wildman–Crippen LogP) is 1.04. The van der Waals surface area contributed by atoms with E-state index in [1.165, 1.54) is 17.5 Å². The van der Waals surface area contributed by atoms with E-state index in [4.69, 9.17) is 13.6 Å². The van der Waals surface area contributed by atoms with Crippen molar-refractivity contribution in [1.29, 1.82) is 0 Å². The summed E-state index contributed by atoms with van der Waals surface area (Å²) in [6.45, 7) is 0. The van der Waals surface area contributed by atoms with Crippen LogP contribution in [-0.2, 0) is 0 Å². The number of nitrogen functional groups attached to an aromatic ring is 1. The van der Waals surface area contributed by atoms with E-state index in [2.05, 4.69) is 20.2 Å². The van der Waals surface area contributed by atoms with Gasteiger partial charge in [0.2, 0.25) is 0 Å². The quantitative estimate of drug-likeness (QED) is 0.700. The Morgan fingerprint density at radius 3 is 2.58 bits per heavy atom. The molecular formula is C12H8BN5S. The zero-order valence-corrected chi connectivity index (χ0v) is 10.6. The Balaban J connectivity index is 2.04. The number of nitrogens with two attached hydrogens (primary N) is 1. The molecule has 1 aromatic carbocycles. The van der Waals surface area contributed by atoms with E-state index in [0.29, 0.717) is 22.1 Å². The van der Waals surface area contributed by atoms with Crippen LogP contribution in [0.3, 0.4) is 0 Å². The standard InChI is InChI=1S/C12H8BN5S/c13-8-6-15-10(14)9(16-8)12-18-17-11(19-12)7-4-2-1-3-5-7/h1-6H,(H2,14,15). The van der Waals surface area contributed by atoms with E-state index < -0.39 is 0 Å². The Hall–Kier alpha value is -2.28. The minimum absolute atomic E-state index is 0.296. The van der Waals surface area contributed by atoms with Crippen molar-refractivity contribution < 1.29 is 0 Å². The van der Waals surface area contributed by atoms with Gasteiger partial charge in [0.1, 0.15) is 18.5 Å². The van der Waals surface area contributed by atoms with Crippen LogP contribution in [0.1, 0.15) is 0 Å². The van der Waals surface area contributed by atoms with E-state index in [-0.39, 0.29) is 0 Å². The van der Waals surface area contributed by atoms with E-state index in [1.807, 2.05) is 30.3 Å². The molecule has 19 heavy (non-hydrogen) atoms. The molecule has 7 heteroatoms. The van der Waals surface area contributed by atoms with Gasteiger partial charge in [-0.05, 0) is 0 Å².